The van der Waals surface area contributed by atoms with Gasteiger partial charge in [0.15, 0.2) is 12.1 Å². The maximum Gasteiger partial charge on any atom is 0.411 e. The zero-order valence-corrected chi connectivity index (χ0v) is 21.4. The molecule has 1 heterocycles. The summed E-state index contributed by atoms with van der Waals surface area (Å²) in [5.74, 6) is -0.349. The molecule has 0 unspecified atom stereocenters. The molecule has 0 bridgehead atoms. The summed E-state index contributed by atoms with van der Waals surface area (Å²) in [5.41, 5.74) is 4.33. The number of ether oxygens (including phenoxy) is 1. The third kappa shape index (κ3) is 6.36. The minimum Gasteiger partial charge on any atom is -0.438 e. The van der Waals surface area contributed by atoms with Gasteiger partial charge in [-0.1, -0.05) is 79.2 Å². The van der Waals surface area contributed by atoms with E-state index in [1.807, 2.05) is 75.4 Å². The normalized spacial score (nSPS) is 17.7. The van der Waals surface area contributed by atoms with Crippen molar-refractivity contribution in [3.8, 4) is 0 Å². The van der Waals surface area contributed by atoms with Gasteiger partial charge in [0, 0.05) is 12.1 Å². The fourth-order valence-electron chi connectivity index (χ4n) is 4.43. The zero-order valence-electron chi connectivity index (χ0n) is 21.4. The highest BCUT2D eigenvalue weighted by Gasteiger charge is 2.47. The number of anilines is 1. The van der Waals surface area contributed by atoms with E-state index in [-0.39, 0.29) is 24.4 Å². The van der Waals surface area contributed by atoms with Crippen molar-refractivity contribution in [2.45, 2.75) is 58.3 Å². The van der Waals surface area contributed by atoms with E-state index in [0.717, 1.165) is 23.1 Å². The molecule has 3 amide bonds. The van der Waals surface area contributed by atoms with Gasteiger partial charge >= 0.3 is 6.09 Å². The summed E-state index contributed by atoms with van der Waals surface area (Å²) in [6.07, 6.45) is -0.130. The Morgan fingerprint density at radius 2 is 1.65 bits per heavy atom. The van der Waals surface area contributed by atoms with Crippen molar-refractivity contribution in [2.75, 3.05) is 5.32 Å². The molecule has 0 radical (unpaired) electrons. The lowest BCUT2D eigenvalue weighted by atomic mass is 9.99. The van der Waals surface area contributed by atoms with Gasteiger partial charge < -0.3 is 15.4 Å². The number of carbonyl (C=O) groups excluding carboxylic acids is 3. The molecule has 4 rings (SSSR count). The highest BCUT2D eigenvalue weighted by atomic mass is 16.6. The van der Waals surface area contributed by atoms with E-state index in [1.165, 1.54) is 4.90 Å². The van der Waals surface area contributed by atoms with Gasteiger partial charge in [-0.05, 0) is 49.1 Å². The molecule has 192 valence electrons. The first kappa shape index (κ1) is 25.9. The summed E-state index contributed by atoms with van der Waals surface area (Å²) < 4.78 is 5.78. The molecule has 0 spiro atoms. The Kier molecular flexibility index (Phi) is 8.23. The second-order valence-electron chi connectivity index (χ2n) is 9.42. The van der Waals surface area contributed by atoms with Crippen LogP contribution in [0.1, 0.15) is 61.1 Å². The predicted octanol–water partition coefficient (Wildman–Crippen LogP) is 5.67. The van der Waals surface area contributed by atoms with Crippen molar-refractivity contribution in [2.24, 2.45) is 0 Å². The second-order valence-corrected chi connectivity index (χ2v) is 9.42. The van der Waals surface area contributed by atoms with Crippen LogP contribution in [0.2, 0.25) is 0 Å². The van der Waals surface area contributed by atoms with Crippen LogP contribution in [-0.4, -0.2) is 28.8 Å². The summed E-state index contributed by atoms with van der Waals surface area (Å²) in [6.45, 7) is 6.11. The van der Waals surface area contributed by atoms with E-state index >= 15 is 0 Å². The van der Waals surface area contributed by atoms with Gasteiger partial charge in [0.2, 0.25) is 11.8 Å². The van der Waals surface area contributed by atoms with Crippen molar-refractivity contribution >= 4 is 23.6 Å². The van der Waals surface area contributed by atoms with Crippen molar-refractivity contribution < 1.29 is 19.1 Å². The quantitative estimate of drug-likeness (QED) is 0.397. The lowest BCUT2D eigenvalue weighted by Gasteiger charge is -2.26. The Hall–Kier alpha value is -4.13. The number of rotatable bonds is 9. The van der Waals surface area contributed by atoms with Crippen LogP contribution in [0.25, 0.3) is 0 Å². The van der Waals surface area contributed by atoms with Crippen molar-refractivity contribution in [3.63, 3.8) is 0 Å². The molecule has 1 fully saturated rings. The molecule has 1 saturated heterocycles. The number of amides is 3. The van der Waals surface area contributed by atoms with Crippen LogP contribution in [0.4, 0.5) is 10.5 Å². The van der Waals surface area contributed by atoms with Gasteiger partial charge in [-0.15, -0.1) is 0 Å². The molecule has 1 aliphatic rings. The summed E-state index contributed by atoms with van der Waals surface area (Å²) in [6, 6.07) is 23.5. The van der Waals surface area contributed by atoms with Crippen LogP contribution < -0.4 is 10.6 Å². The van der Waals surface area contributed by atoms with Crippen LogP contribution in [0.5, 0.6) is 0 Å². The first-order valence-corrected chi connectivity index (χ1v) is 12.6. The SMILES string of the molecule is CCCC(=O)Nc1ccc([C@@H]2OC(=O)N(Cc3ccc(C)cc3)[C@@H]2C(=O)N[C@@H](C)c2ccccc2)cc1. The average molecular weight is 500 g/mol. The molecular formula is C30H33N3O4. The van der Waals surface area contributed by atoms with E-state index in [0.29, 0.717) is 17.7 Å². The molecule has 0 aliphatic carbocycles. The van der Waals surface area contributed by atoms with E-state index in [9.17, 15) is 14.4 Å². The third-order valence-electron chi connectivity index (χ3n) is 6.49. The molecule has 1 aliphatic heterocycles. The van der Waals surface area contributed by atoms with Crippen LogP contribution in [0.3, 0.4) is 0 Å². The third-order valence-corrected chi connectivity index (χ3v) is 6.49. The minimum absolute atomic E-state index is 0.0565. The molecule has 7 heteroatoms. The smallest absolute Gasteiger partial charge is 0.411 e. The molecule has 3 aromatic carbocycles. The molecule has 37 heavy (non-hydrogen) atoms. The largest absolute Gasteiger partial charge is 0.438 e. The number of benzene rings is 3. The van der Waals surface area contributed by atoms with Crippen LogP contribution >= 0.6 is 0 Å². The summed E-state index contributed by atoms with van der Waals surface area (Å²) in [7, 11) is 0. The topological polar surface area (TPSA) is 87.7 Å². The Balaban J connectivity index is 1.59. The Bertz CT molecular complexity index is 1230. The van der Waals surface area contributed by atoms with Gasteiger partial charge in [-0.25, -0.2) is 4.79 Å². The molecule has 7 nitrogen and oxygen atoms in total. The predicted molar refractivity (Wildman–Crippen MR) is 143 cm³/mol. The Morgan fingerprint density at radius 1 is 0.973 bits per heavy atom. The van der Waals surface area contributed by atoms with Gasteiger partial charge in [-0.2, -0.15) is 0 Å². The van der Waals surface area contributed by atoms with Crippen molar-refractivity contribution in [1.29, 1.82) is 0 Å². The second kappa shape index (κ2) is 11.7. The van der Waals surface area contributed by atoms with Crippen molar-refractivity contribution in [1.82, 2.24) is 10.2 Å². The van der Waals surface area contributed by atoms with Crippen molar-refractivity contribution in [3.05, 3.63) is 101 Å². The monoisotopic (exact) mass is 499 g/mol. The highest BCUT2D eigenvalue weighted by Crippen LogP contribution is 2.35. The maximum atomic E-state index is 13.7. The highest BCUT2D eigenvalue weighted by molar-refractivity contribution is 5.91. The fraction of sp³-hybridized carbons (Fsp3) is 0.300. The van der Waals surface area contributed by atoms with E-state index in [4.69, 9.17) is 4.74 Å². The van der Waals surface area contributed by atoms with Crippen LogP contribution in [-0.2, 0) is 20.9 Å². The molecule has 3 aromatic rings. The molecule has 0 aromatic heterocycles. The van der Waals surface area contributed by atoms with Crippen LogP contribution in [0.15, 0.2) is 78.9 Å². The van der Waals surface area contributed by atoms with Gasteiger partial charge in [0.05, 0.1) is 12.6 Å². The lowest BCUT2D eigenvalue weighted by molar-refractivity contribution is -0.127. The minimum atomic E-state index is -0.861. The first-order valence-electron chi connectivity index (χ1n) is 12.6. The number of aryl methyl sites for hydroxylation is 1. The molecule has 3 atom stereocenters. The zero-order chi connectivity index (χ0) is 26.4. The number of nitrogens with one attached hydrogen (secondary N) is 2. The molecule has 0 saturated carbocycles. The summed E-state index contributed by atoms with van der Waals surface area (Å²) in [5, 5.41) is 5.92. The van der Waals surface area contributed by atoms with Gasteiger partial charge in [-0.3, -0.25) is 14.5 Å². The Morgan fingerprint density at radius 3 is 2.30 bits per heavy atom. The lowest BCUT2D eigenvalue weighted by Crippen LogP contribution is -2.46. The van der Waals surface area contributed by atoms with Gasteiger partial charge in [0.1, 0.15) is 0 Å². The number of cyclic esters (lactones) is 1. The standard InChI is InChI=1S/C30H33N3O4/c1-4-8-26(34)32-25-17-15-24(16-18-25)28-27(29(35)31-21(3)23-9-6-5-7-10-23)33(30(36)37-28)19-22-13-11-20(2)12-14-22/h5-7,9-18,21,27-28H,4,8,19H2,1-3H3,(H,31,35)(H,32,34)/t21-,27-,28-/m0/s1. The number of hydrogen-bond acceptors (Lipinski definition) is 4. The summed E-state index contributed by atoms with van der Waals surface area (Å²) in [4.78, 5) is 40.1. The fourth-order valence-corrected chi connectivity index (χ4v) is 4.43. The molecule has 2 N–H and O–H groups in total. The van der Waals surface area contributed by atoms with Gasteiger partial charge in [0.25, 0.3) is 0 Å². The van der Waals surface area contributed by atoms with E-state index in [2.05, 4.69) is 10.6 Å². The average Bonchev–Trinajstić information content (AvgIpc) is 3.22. The maximum absolute atomic E-state index is 13.7. The summed E-state index contributed by atoms with van der Waals surface area (Å²) >= 11 is 0. The number of carbonyl (C=O) groups is 3. The van der Waals surface area contributed by atoms with Crippen LogP contribution in [0, 0.1) is 6.92 Å². The Labute approximate surface area is 217 Å². The number of nitrogens with zero attached hydrogens (tertiary/aromatic N) is 1. The van der Waals surface area contributed by atoms with E-state index < -0.39 is 18.2 Å². The molecular weight excluding hydrogens is 466 g/mol. The number of hydrogen-bond donors (Lipinski definition) is 2. The first-order chi connectivity index (χ1) is 17.9. The van der Waals surface area contributed by atoms with E-state index in [1.54, 1.807) is 24.3 Å².